The van der Waals surface area contributed by atoms with Crippen LogP contribution in [0.3, 0.4) is 0 Å². The first-order valence-corrected chi connectivity index (χ1v) is 7.86. The lowest BCUT2D eigenvalue weighted by Crippen LogP contribution is -1.98. The minimum absolute atomic E-state index is 0.375. The van der Waals surface area contributed by atoms with Crippen molar-refractivity contribution in [2.75, 3.05) is 5.73 Å². The van der Waals surface area contributed by atoms with Gasteiger partial charge in [0.15, 0.2) is 5.16 Å². The second kappa shape index (κ2) is 4.75. The van der Waals surface area contributed by atoms with Gasteiger partial charge in [-0.3, -0.25) is 4.21 Å². The number of nitrogens with zero attached hydrogens (tertiary/aromatic N) is 2. The normalized spacial score (nSPS) is 12.9. The van der Waals surface area contributed by atoms with Gasteiger partial charge >= 0.3 is 0 Å². The Kier molecular flexibility index (Phi) is 3.08. The van der Waals surface area contributed by atoms with Crippen LogP contribution in [0.1, 0.15) is 10.7 Å². The summed E-state index contributed by atoms with van der Waals surface area (Å²) in [6, 6.07) is 5.38. The highest BCUT2D eigenvalue weighted by molar-refractivity contribution is 7.84. The summed E-state index contributed by atoms with van der Waals surface area (Å²) in [6.07, 6.45) is 0. The third-order valence-electron chi connectivity index (χ3n) is 2.65. The zero-order chi connectivity index (χ0) is 13.4. The van der Waals surface area contributed by atoms with Crippen molar-refractivity contribution in [3.05, 3.63) is 34.3 Å². The Labute approximate surface area is 116 Å². The number of hydrogen-bond acceptors (Lipinski definition) is 5. The molecule has 0 radical (unpaired) electrons. The minimum Gasteiger partial charge on any atom is -0.399 e. The van der Waals surface area contributed by atoms with E-state index in [-0.39, 0.29) is 0 Å². The Morgan fingerprint density at radius 3 is 3.00 bits per heavy atom. The molecule has 0 fully saturated rings. The third kappa shape index (κ3) is 2.52. The fourth-order valence-corrected chi connectivity index (χ4v) is 3.48. The predicted octanol–water partition coefficient (Wildman–Crippen LogP) is 2.22. The molecule has 7 heteroatoms. The van der Waals surface area contributed by atoms with Crippen LogP contribution in [0, 0.1) is 6.92 Å². The lowest BCUT2D eigenvalue weighted by atomic mass is 10.3. The molecule has 0 spiro atoms. The smallest absolute Gasteiger partial charge is 0.197 e. The van der Waals surface area contributed by atoms with Gasteiger partial charge in [0.05, 0.1) is 38.3 Å². The first-order chi connectivity index (χ1) is 9.11. The molecule has 0 aliphatic rings. The van der Waals surface area contributed by atoms with E-state index in [4.69, 9.17) is 5.73 Å². The largest absolute Gasteiger partial charge is 0.399 e. The number of nitrogen functional groups attached to an aromatic ring is 1. The Morgan fingerprint density at radius 2 is 2.26 bits per heavy atom. The molecule has 1 aromatic carbocycles. The molecule has 1 atom stereocenters. The maximum atomic E-state index is 12.2. The standard InChI is InChI=1S/C12H12N4OS2/c1-7-14-9(5-18-7)6-19(17)12-15-10-3-2-8(13)4-11(10)16-12/h2-5H,6,13H2,1H3,(H,15,16). The van der Waals surface area contributed by atoms with Gasteiger partial charge < -0.3 is 10.7 Å². The topological polar surface area (TPSA) is 84.7 Å². The molecule has 2 heterocycles. The Balaban J connectivity index is 1.89. The van der Waals surface area contributed by atoms with Gasteiger partial charge in [-0.2, -0.15) is 0 Å². The summed E-state index contributed by atoms with van der Waals surface area (Å²) in [5, 5.41) is 3.36. The Hall–Kier alpha value is -1.73. The quantitative estimate of drug-likeness (QED) is 0.725. The van der Waals surface area contributed by atoms with Gasteiger partial charge in [-0.1, -0.05) is 0 Å². The van der Waals surface area contributed by atoms with Crippen LogP contribution in [0.4, 0.5) is 5.69 Å². The molecule has 19 heavy (non-hydrogen) atoms. The zero-order valence-corrected chi connectivity index (χ0v) is 11.8. The minimum atomic E-state index is -1.22. The molecule has 98 valence electrons. The van der Waals surface area contributed by atoms with Crippen LogP contribution in [-0.4, -0.2) is 19.2 Å². The van der Waals surface area contributed by atoms with Crippen LogP contribution in [-0.2, 0) is 16.6 Å². The van der Waals surface area contributed by atoms with Gasteiger partial charge in [-0.15, -0.1) is 11.3 Å². The molecule has 0 bridgehead atoms. The molecule has 0 aliphatic carbocycles. The van der Waals surface area contributed by atoms with E-state index in [9.17, 15) is 4.21 Å². The van der Waals surface area contributed by atoms with Gasteiger partial charge in [-0.05, 0) is 25.1 Å². The molecule has 2 aromatic heterocycles. The number of nitrogens with two attached hydrogens (primary N) is 1. The fourth-order valence-electron chi connectivity index (χ4n) is 1.79. The molecule has 0 saturated carbocycles. The van der Waals surface area contributed by atoms with Crippen LogP contribution in [0.25, 0.3) is 11.0 Å². The monoisotopic (exact) mass is 292 g/mol. The average molecular weight is 292 g/mol. The summed E-state index contributed by atoms with van der Waals surface area (Å²) in [5.74, 6) is 0.375. The van der Waals surface area contributed by atoms with Crippen LogP contribution in [0.15, 0.2) is 28.7 Å². The highest BCUT2D eigenvalue weighted by Crippen LogP contribution is 2.18. The van der Waals surface area contributed by atoms with Crippen molar-refractivity contribution in [2.45, 2.75) is 17.8 Å². The molecule has 0 aliphatic heterocycles. The summed E-state index contributed by atoms with van der Waals surface area (Å²) in [7, 11) is -1.22. The van der Waals surface area contributed by atoms with E-state index in [0.717, 1.165) is 21.7 Å². The number of aryl methyl sites for hydroxylation is 1. The molecular formula is C12H12N4OS2. The first-order valence-electron chi connectivity index (χ1n) is 5.66. The summed E-state index contributed by atoms with van der Waals surface area (Å²) in [5.41, 5.74) is 8.77. The number of imidazole rings is 1. The molecule has 5 nitrogen and oxygen atoms in total. The fraction of sp³-hybridized carbons (Fsp3) is 0.167. The number of rotatable bonds is 3. The number of H-pyrrole nitrogens is 1. The molecular weight excluding hydrogens is 280 g/mol. The van der Waals surface area contributed by atoms with Crippen molar-refractivity contribution in [1.82, 2.24) is 15.0 Å². The number of anilines is 1. The van der Waals surface area contributed by atoms with Crippen molar-refractivity contribution >= 4 is 38.9 Å². The van der Waals surface area contributed by atoms with E-state index < -0.39 is 10.8 Å². The SMILES string of the molecule is Cc1nc(CS(=O)c2nc3ccc(N)cc3[nH]2)cs1. The maximum absolute atomic E-state index is 12.2. The average Bonchev–Trinajstić information content (AvgIpc) is 2.95. The van der Waals surface area contributed by atoms with Gasteiger partial charge in [0.1, 0.15) is 0 Å². The summed E-state index contributed by atoms with van der Waals surface area (Å²) in [6.45, 7) is 1.93. The van der Waals surface area contributed by atoms with E-state index in [1.165, 1.54) is 0 Å². The van der Waals surface area contributed by atoms with E-state index >= 15 is 0 Å². The van der Waals surface area contributed by atoms with Gasteiger partial charge in [0.25, 0.3) is 0 Å². The molecule has 3 N–H and O–H groups in total. The molecule has 3 aromatic rings. The zero-order valence-electron chi connectivity index (χ0n) is 10.2. The Morgan fingerprint density at radius 1 is 1.42 bits per heavy atom. The van der Waals surface area contributed by atoms with Crippen molar-refractivity contribution in [1.29, 1.82) is 0 Å². The molecule has 0 amide bonds. The van der Waals surface area contributed by atoms with Crippen molar-refractivity contribution in [3.63, 3.8) is 0 Å². The second-order valence-electron chi connectivity index (χ2n) is 4.17. The van der Waals surface area contributed by atoms with E-state index in [2.05, 4.69) is 15.0 Å². The van der Waals surface area contributed by atoms with E-state index in [0.29, 0.717) is 16.6 Å². The predicted molar refractivity (Wildman–Crippen MR) is 77.5 cm³/mol. The molecule has 1 unspecified atom stereocenters. The number of hydrogen-bond donors (Lipinski definition) is 2. The number of thiazole rings is 1. The molecule has 3 rings (SSSR count). The van der Waals surface area contributed by atoms with Gasteiger partial charge in [0.2, 0.25) is 0 Å². The first kappa shape index (κ1) is 12.3. The van der Waals surface area contributed by atoms with E-state index in [1.54, 1.807) is 23.5 Å². The van der Waals surface area contributed by atoms with Gasteiger partial charge in [-0.25, -0.2) is 9.97 Å². The number of aromatic nitrogens is 3. The Bertz CT molecular complexity index is 762. The maximum Gasteiger partial charge on any atom is 0.197 e. The van der Waals surface area contributed by atoms with Crippen molar-refractivity contribution in [2.24, 2.45) is 0 Å². The van der Waals surface area contributed by atoms with Crippen LogP contribution in [0.2, 0.25) is 0 Å². The number of nitrogens with one attached hydrogen (secondary N) is 1. The van der Waals surface area contributed by atoms with Crippen molar-refractivity contribution in [3.8, 4) is 0 Å². The highest BCUT2D eigenvalue weighted by Gasteiger charge is 2.12. The summed E-state index contributed by atoms with van der Waals surface area (Å²) < 4.78 is 12.2. The second-order valence-corrected chi connectivity index (χ2v) is 6.59. The summed E-state index contributed by atoms with van der Waals surface area (Å²) >= 11 is 1.56. The lowest BCUT2D eigenvalue weighted by Gasteiger charge is -1.94. The van der Waals surface area contributed by atoms with Crippen LogP contribution < -0.4 is 5.73 Å². The van der Waals surface area contributed by atoms with Crippen LogP contribution >= 0.6 is 11.3 Å². The highest BCUT2D eigenvalue weighted by atomic mass is 32.2. The summed E-state index contributed by atoms with van der Waals surface area (Å²) in [4.78, 5) is 11.7. The number of fused-ring (bicyclic) bond motifs is 1. The van der Waals surface area contributed by atoms with E-state index in [1.807, 2.05) is 18.4 Å². The van der Waals surface area contributed by atoms with Crippen LogP contribution in [0.5, 0.6) is 0 Å². The number of benzene rings is 1. The van der Waals surface area contributed by atoms with Crippen molar-refractivity contribution < 1.29 is 4.21 Å². The third-order valence-corrected chi connectivity index (χ3v) is 4.65. The van der Waals surface area contributed by atoms with Gasteiger partial charge in [0, 0.05) is 11.1 Å². The lowest BCUT2D eigenvalue weighted by molar-refractivity contribution is 0.677. The number of aromatic amines is 1. The molecule has 0 saturated heterocycles.